The minimum absolute atomic E-state index is 0.292. The van der Waals surface area contributed by atoms with Crippen LogP contribution in [0.3, 0.4) is 0 Å². The maximum atomic E-state index is 6.04. The lowest BCUT2D eigenvalue weighted by molar-refractivity contribution is 0.301. The summed E-state index contributed by atoms with van der Waals surface area (Å²) in [7, 11) is 3.96. The first-order chi connectivity index (χ1) is 9.06. The molecule has 1 aromatic heterocycles. The van der Waals surface area contributed by atoms with Crippen molar-refractivity contribution in [2.75, 3.05) is 24.7 Å². The highest BCUT2D eigenvalue weighted by molar-refractivity contribution is 6.31. The number of rotatable bonds is 4. The minimum Gasteiger partial charge on any atom is -0.487 e. The summed E-state index contributed by atoms with van der Waals surface area (Å²) in [5.74, 6) is 1.21. The van der Waals surface area contributed by atoms with Crippen molar-refractivity contribution < 1.29 is 4.74 Å². The van der Waals surface area contributed by atoms with Crippen molar-refractivity contribution in [2.24, 2.45) is 0 Å². The summed E-state index contributed by atoms with van der Waals surface area (Å²) in [5.41, 5.74) is 7.34. The number of anilines is 2. The number of nitrogen functional groups attached to an aromatic ring is 1. The topological polar surface area (TPSA) is 51.4 Å². The third-order valence-electron chi connectivity index (χ3n) is 2.65. The van der Waals surface area contributed by atoms with Crippen LogP contribution in [0.25, 0.3) is 0 Å². The highest BCUT2D eigenvalue weighted by atomic mass is 35.5. The molecule has 2 rings (SSSR count). The number of benzene rings is 1. The Kier molecular flexibility index (Phi) is 4.12. The molecule has 19 heavy (non-hydrogen) atoms. The van der Waals surface area contributed by atoms with E-state index in [9.17, 15) is 0 Å². The van der Waals surface area contributed by atoms with Gasteiger partial charge < -0.3 is 15.4 Å². The average Bonchev–Trinajstić information content (AvgIpc) is 2.40. The fourth-order valence-corrected chi connectivity index (χ4v) is 1.77. The summed E-state index contributed by atoms with van der Waals surface area (Å²) < 4.78 is 5.69. The predicted octanol–water partition coefficient (Wildman–Crippen LogP) is 2.96. The molecular weight excluding hydrogens is 262 g/mol. The van der Waals surface area contributed by atoms with E-state index in [4.69, 9.17) is 22.1 Å². The molecule has 0 amide bonds. The molecule has 0 aliphatic heterocycles. The first-order valence-electron chi connectivity index (χ1n) is 5.87. The van der Waals surface area contributed by atoms with E-state index in [1.54, 1.807) is 12.1 Å². The van der Waals surface area contributed by atoms with E-state index in [-0.39, 0.29) is 0 Å². The molecule has 0 spiro atoms. The Morgan fingerprint density at radius 2 is 2.05 bits per heavy atom. The highest BCUT2D eigenvalue weighted by Crippen LogP contribution is 2.22. The molecule has 0 saturated carbocycles. The van der Waals surface area contributed by atoms with Crippen LogP contribution in [0.2, 0.25) is 5.02 Å². The first-order valence-corrected chi connectivity index (χ1v) is 6.25. The lowest BCUT2D eigenvalue weighted by Crippen LogP contribution is -2.08. The molecule has 1 aromatic carbocycles. The van der Waals surface area contributed by atoms with Crippen LogP contribution in [0, 0.1) is 0 Å². The van der Waals surface area contributed by atoms with Crippen molar-refractivity contribution in [2.45, 2.75) is 6.61 Å². The molecule has 0 saturated heterocycles. The Labute approximate surface area is 117 Å². The van der Waals surface area contributed by atoms with Crippen LogP contribution in [-0.2, 0) is 6.61 Å². The van der Waals surface area contributed by atoms with E-state index in [2.05, 4.69) is 4.98 Å². The molecule has 0 bridgehead atoms. The molecule has 2 aromatic rings. The van der Waals surface area contributed by atoms with E-state index in [0.717, 1.165) is 11.4 Å². The van der Waals surface area contributed by atoms with Gasteiger partial charge in [-0.3, -0.25) is 0 Å². The van der Waals surface area contributed by atoms with Crippen molar-refractivity contribution in [3.8, 4) is 5.75 Å². The molecule has 2 N–H and O–H groups in total. The third-order valence-corrected chi connectivity index (χ3v) is 2.99. The van der Waals surface area contributed by atoms with E-state index in [1.807, 2.05) is 43.3 Å². The molecule has 0 aliphatic rings. The summed E-state index contributed by atoms with van der Waals surface area (Å²) in [5, 5.41) is 0.554. The second-order valence-electron chi connectivity index (χ2n) is 4.35. The van der Waals surface area contributed by atoms with Gasteiger partial charge in [0.05, 0.1) is 10.7 Å². The average molecular weight is 278 g/mol. The monoisotopic (exact) mass is 277 g/mol. The Bertz CT molecular complexity index is 572. The van der Waals surface area contributed by atoms with Crippen LogP contribution in [0.4, 0.5) is 11.5 Å². The van der Waals surface area contributed by atoms with Gasteiger partial charge in [-0.2, -0.15) is 0 Å². The fraction of sp³-hybridized carbons (Fsp3) is 0.214. The molecule has 0 radical (unpaired) electrons. The first kappa shape index (κ1) is 13.5. The van der Waals surface area contributed by atoms with Crippen molar-refractivity contribution in [1.82, 2.24) is 4.98 Å². The fourth-order valence-electron chi connectivity index (χ4n) is 1.61. The van der Waals surface area contributed by atoms with Crippen LogP contribution in [0.15, 0.2) is 36.4 Å². The molecule has 0 atom stereocenters. The quantitative estimate of drug-likeness (QED) is 0.933. The van der Waals surface area contributed by atoms with Gasteiger partial charge in [0.25, 0.3) is 0 Å². The molecule has 0 aliphatic carbocycles. The number of nitrogens with two attached hydrogens (primary N) is 1. The largest absolute Gasteiger partial charge is 0.487 e. The van der Waals surface area contributed by atoms with Gasteiger partial charge in [0.15, 0.2) is 0 Å². The van der Waals surface area contributed by atoms with Gasteiger partial charge >= 0.3 is 0 Å². The number of nitrogens with zero attached hydrogens (tertiary/aromatic N) is 2. The number of hydrogen-bond donors (Lipinski definition) is 1. The van der Waals surface area contributed by atoms with Crippen molar-refractivity contribution in [1.29, 1.82) is 0 Å². The Morgan fingerprint density at radius 1 is 1.26 bits per heavy atom. The van der Waals surface area contributed by atoms with Crippen LogP contribution in [0.5, 0.6) is 5.75 Å². The molecule has 1 heterocycles. The van der Waals surface area contributed by atoms with Crippen molar-refractivity contribution in [3.63, 3.8) is 0 Å². The molecule has 4 nitrogen and oxygen atoms in total. The molecule has 100 valence electrons. The van der Waals surface area contributed by atoms with E-state index >= 15 is 0 Å². The number of halogens is 1. The molecule has 5 heteroatoms. The minimum atomic E-state index is 0.292. The second kappa shape index (κ2) is 5.80. The van der Waals surface area contributed by atoms with Crippen molar-refractivity contribution in [3.05, 3.63) is 47.1 Å². The van der Waals surface area contributed by atoms with Gasteiger partial charge in [0, 0.05) is 25.8 Å². The number of pyridine rings is 1. The van der Waals surface area contributed by atoms with Gasteiger partial charge in [-0.15, -0.1) is 0 Å². The standard InChI is InChI=1S/C14H16ClN3O/c1-18(2)10-4-3-5-11(8-10)19-9-13-12(15)6-7-14(16)17-13/h3-8H,9H2,1-2H3,(H2,16,17). The molecular formula is C14H16ClN3O. The van der Waals surface area contributed by atoms with Gasteiger partial charge in [0.2, 0.25) is 0 Å². The maximum Gasteiger partial charge on any atom is 0.132 e. The lowest BCUT2D eigenvalue weighted by atomic mass is 10.3. The van der Waals surface area contributed by atoms with Crippen LogP contribution < -0.4 is 15.4 Å². The van der Waals surface area contributed by atoms with E-state index in [0.29, 0.717) is 23.1 Å². The Hall–Kier alpha value is -1.94. The molecule has 0 unspecified atom stereocenters. The summed E-state index contributed by atoms with van der Waals surface area (Å²) in [6, 6.07) is 11.2. The Morgan fingerprint density at radius 3 is 2.79 bits per heavy atom. The summed E-state index contributed by atoms with van der Waals surface area (Å²) in [4.78, 5) is 6.17. The van der Waals surface area contributed by atoms with Gasteiger partial charge in [-0.25, -0.2) is 4.98 Å². The van der Waals surface area contributed by atoms with Crippen LogP contribution in [-0.4, -0.2) is 19.1 Å². The van der Waals surface area contributed by atoms with Gasteiger partial charge in [-0.1, -0.05) is 17.7 Å². The zero-order valence-corrected chi connectivity index (χ0v) is 11.7. The van der Waals surface area contributed by atoms with Crippen molar-refractivity contribution >= 4 is 23.1 Å². The zero-order chi connectivity index (χ0) is 13.8. The van der Waals surface area contributed by atoms with Crippen LogP contribution in [0.1, 0.15) is 5.69 Å². The number of hydrogen-bond acceptors (Lipinski definition) is 4. The SMILES string of the molecule is CN(C)c1cccc(OCc2nc(N)ccc2Cl)c1. The molecule has 0 fully saturated rings. The number of ether oxygens (including phenoxy) is 1. The van der Waals surface area contributed by atoms with Gasteiger partial charge in [0.1, 0.15) is 18.2 Å². The van der Waals surface area contributed by atoms with E-state index in [1.165, 1.54) is 0 Å². The van der Waals surface area contributed by atoms with E-state index < -0.39 is 0 Å². The normalized spacial score (nSPS) is 10.3. The lowest BCUT2D eigenvalue weighted by Gasteiger charge is -2.14. The van der Waals surface area contributed by atoms with Crippen LogP contribution >= 0.6 is 11.6 Å². The summed E-state index contributed by atoms with van der Waals surface area (Å²) in [6.07, 6.45) is 0. The smallest absolute Gasteiger partial charge is 0.132 e. The maximum absolute atomic E-state index is 6.04. The Balaban J connectivity index is 2.10. The predicted molar refractivity (Wildman–Crippen MR) is 78.8 cm³/mol. The number of aromatic nitrogens is 1. The summed E-state index contributed by atoms with van der Waals surface area (Å²) in [6.45, 7) is 0.292. The summed E-state index contributed by atoms with van der Waals surface area (Å²) >= 11 is 6.04. The second-order valence-corrected chi connectivity index (χ2v) is 4.75. The van der Waals surface area contributed by atoms with Gasteiger partial charge in [-0.05, 0) is 24.3 Å². The third kappa shape index (κ3) is 3.51. The zero-order valence-electron chi connectivity index (χ0n) is 10.9. The highest BCUT2D eigenvalue weighted by Gasteiger charge is 2.05.